The number of carbonyl (C=O) groups is 1. The van der Waals surface area contributed by atoms with Gasteiger partial charge < -0.3 is 14.5 Å². The molecule has 1 aromatic heterocycles. The second kappa shape index (κ2) is 5.71. The van der Waals surface area contributed by atoms with E-state index in [2.05, 4.69) is 11.4 Å². The molecule has 0 aliphatic heterocycles. The third-order valence-electron chi connectivity index (χ3n) is 3.21. The largest absolute Gasteiger partial charge is 0.486 e. The summed E-state index contributed by atoms with van der Waals surface area (Å²) in [6.07, 6.45) is 0. The second-order valence-corrected chi connectivity index (χ2v) is 4.64. The van der Waals surface area contributed by atoms with Crippen LogP contribution in [0.1, 0.15) is 16.3 Å². The summed E-state index contributed by atoms with van der Waals surface area (Å²) < 4.78 is 11.1. The van der Waals surface area contributed by atoms with Crippen molar-refractivity contribution in [1.82, 2.24) is 5.32 Å². The first kappa shape index (κ1) is 13.2. The fraction of sp³-hybridized carbons (Fsp3) is 0.118. The number of benzene rings is 2. The molecule has 1 N–H and O–H groups in total. The molecule has 4 nitrogen and oxygen atoms in total. The van der Waals surface area contributed by atoms with E-state index in [0.29, 0.717) is 5.76 Å². The minimum atomic E-state index is -0.244. The molecule has 0 fully saturated rings. The third-order valence-corrected chi connectivity index (χ3v) is 3.21. The first-order valence-electron chi connectivity index (χ1n) is 6.68. The molecule has 21 heavy (non-hydrogen) atoms. The number of hydrogen-bond donors (Lipinski definition) is 1. The molecule has 106 valence electrons. The highest BCUT2D eigenvalue weighted by atomic mass is 16.5. The average Bonchev–Trinajstić information content (AvgIpc) is 3.01. The number of rotatable bonds is 4. The van der Waals surface area contributed by atoms with Crippen molar-refractivity contribution >= 4 is 16.7 Å². The highest BCUT2D eigenvalue weighted by Gasteiger charge is 2.09. The van der Waals surface area contributed by atoms with E-state index >= 15 is 0 Å². The van der Waals surface area contributed by atoms with Gasteiger partial charge in [-0.05, 0) is 35.0 Å². The van der Waals surface area contributed by atoms with Crippen LogP contribution in [0.2, 0.25) is 0 Å². The molecule has 0 bridgehead atoms. The van der Waals surface area contributed by atoms with Crippen molar-refractivity contribution in [2.24, 2.45) is 0 Å². The summed E-state index contributed by atoms with van der Waals surface area (Å²) in [5.74, 6) is 1.43. The monoisotopic (exact) mass is 281 g/mol. The van der Waals surface area contributed by atoms with Crippen LogP contribution >= 0.6 is 0 Å². The molecular weight excluding hydrogens is 266 g/mol. The molecule has 0 radical (unpaired) electrons. The van der Waals surface area contributed by atoms with Crippen LogP contribution in [0.25, 0.3) is 10.8 Å². The van der Waals surface area contributed by atoms with Crippen LogP contribution in [0.3, 0.4) is 0 Å². The smallest absolute Gasteiger partial charge is 0.286 e. The number of ether oxygens (including phenoxy) is 1. The third kappa shape index (κ3) is 2.89. The maximum atomic E-state index is 11.4. The van der Waals surface area contributed by atoms with Crippen LogP contribution in [-0.4, -0.2) is 13.0 Å². The Balaban J connectivity index is 1.71. The van der Waals surface area contributed by atoms with E-state index in [4.69, 9.17) is 9.15 Å². The van der Waals surface area contributed by atoms with Gasteiger partial charge in [-0.3, -0.25) is 4.79 Å². The molecule has 0 unspecified atom stereocenters. The summed E-state index contributed by atoms with van der Waals surface area (Å²) >= 11 is 0. The van der Waals surface area contributed by atoms with E-state index in [-0.39, 0.29) is 18.3 Å². The van der Waals surface area contributed by atoms with Crippen LogP contribution in [0.15, 0.2) is 59.0 Å². The van der Waals surface area contributed by atoms with Crippen molar-refractivity contribution < 1.29 is 13.9 Å². The van der Waals surface area contributed by atoms with Crippen molar-refractivity contribution in [2.75, 3.05) is 7.05 Å². The fourth-order valence-corrected chi connectivity index (χ4v) is 2.11. The lowest BCUT2D eigenvalue weighted by molar-refractivity contribution is 0.0931. The van der Waals surface area contributed by atoms with Gasteiger partial charge in [-0.25, -0.2) is 0 Å². The molecule has 0 saturated heterocycles. The minimum Gasteiger partial charge on any atom is -0.486 e. The topological polar surface area (TPSA) is 51.5 Å². The van der Waals surface area contributed by atoms with Crippen molar-refractivity contribution in [1.29, 1.82) is 0 Å². The van der Waals surface area contributed by atoms with Crippen LogP contribution in [0, 0.1) is 0 Å². The Kier molecular flexibility index (Phi) is 3.60. The SMILES string of the molecule is CNC(=O)c1ccc(COc2ccc3ccccc3c2)o1. The molecular formula is C17H15NO3. The summed E-state index contributed by atoms with van der Waals surface area (Å²) in [5, 5.41) is 4.81. The van der Waals surface area contributed by atoms with Gasteiger partial charge in [0.05, 0.1) is 0 Å². The van der Waals surface area contributed by atoms with Gasteiger partial charge in [0.2, 0.25) is 0 Å². The Morgan fingerprint density at radius 1 is 1.10 bits per heavy atom. The van der Waals surface area contributed by atoms with Gasteiger partial charge in [-0.15, -0.1) is 0 Å². The molecule has 3 rings (SSSR count). The Hall–Kier alpha value is -2.75. The van der Waals surface area contributed by atoms with E-state index in [9.17, 15) is 4.79 Å². The highest BCUT2D eigenvalue weighted by molar-refractivity contribution is 5.91. The average molecular weight is 281 g/mol. The summed E-state index contributed by atoms with van der Waals surface area (Å²) in [6.45, 7) is 0.287. The summed E-state index contributed by atoms with van der Waals surface area (Å²) in [6, 6.07) is 17.4. The molecule has 0 spiro atoms. The molecule has 2 aromatic carbocycles. The second-order valence-electron chi connectivity index (χ2n) is 4.64. The van der Waals surface area contributed by atoms with E-state index in [1.165, 1.54) is 5.39 Å². The molecule has 1 heterocycles. The number of amides is 1. The summed E-state index contributed by atoms with van der Waals surface area (Å²) in [7, 11) is 1.57. The Labute approximate surface area is 122 Å². The van der Waals surface area contributed by atoms with Crippen LogP contribution in [0.4, 0.5) is 0 Å². The lowest BCUT2D eigenvalue weighted by Crippen LogP contribution is -2.16. The standard InChI is InChI=1S/C17H15NO3/c1-18-17(19)16-9-8-15(21-16)11-20-14-7-6-12-4-2-3-5-13(12)10-14/h2-10H,11H2,1H3,(H,18,19). The maximum Gasteiger partial charge on any atom is 0.286 e. The predicted octanol–water partition coefficient (Wildman–Crippen LogP) is 3.37. The quantitative estimate of drug-likeness (QED) is 0.797. The van der Waals surface area contributed by atoms with E-state index in [0.717, 1.165) is 11.1 Å². The molecule has 0 aliphatic rings. The van der Waals surface area contributed by atoms with Gasteiger partial charge in [0.25, 0.3) is 5.91 Å². The zero-order chi connectivity index (χ0) is 14.7. The molecule has 0 saturated carbocycles. The lowest BCUT2D eigenvalue weighted by Gasteiger charge is -2.05. The normalized spacial score (nSPS) is 10.5. The van der Waals surface area contributed by atoms with E-state index in [1.807, 2.05) is 36.4 Å². The number of carbonyl (C=O) groups excluding carboxylic acids is 1. The van der Waals surface area contributed by atoms with Gasteiger partial charge in [0.15, 0.2) is 5.76 Å². The predicted molar refractivity (Wildman–Crippen MR) is 80.4 cm³/mol. The Morgan fingerprint density at radius 2 is 1.90 bits per heavy atom. The van der Waals surface area contributed by atoms with E-state index < -0.39 is 0 Å². The fourth-order valence-electron chi connectivity index (χ4n) is 2.11. The van der Waals surface area contributed by atoms with Gasteiger partial charge in [0.1, 0.15) is 18.1 Å². The number of furan rings is 1. The van der Waals surface area contributed by atoms with Crippen molar-refractivity contribution in [3.8, 4) is 5.75 Å². The van der Waals surface area contributed by atoms with Crippen molar-refractivity contribution in [3.05, 3.63) is 66.1 Å². The molecule has 3 aromatic rings. The van der Waals surface area contributed by atoms with Gasteiger partial charge in [0, 0.05) is 7.05 Å². The Morgan fingerprint density at radius 3 is 2.71 bits per heavy atom. The van der Waals surface area contributed by atoms with Crippen molar-refractivity contribution in [3.63, 3.8) is 0 Å². The van der Waals surface area contributed by atoms with Gasteiger partial charge >= 0.3 is 0 Å². The van der Waals surface area contributed by atoms with Crippen LogP contribution in [-0.2, 0) is 6.61 Å². The number of fused-ring (bicyclic) bond motifs is 1. The molecule has 0 aliphatic carbocycles. The van der Waals surface area contributed by atoms with Gasteiger partial charge in [-0.1, -0.05) is 30.3 Å². The summed E-state index contributed by atoms with van der Waals surface area (Å²) in [5.41, 5.74) is 0. The summed E-state index contributed by atoms with van der Waals surface area (Å²) in [4.78, 5) is 11.4. The molecule has 0 atom stereocenters. The maximum absolute atomic E-state index is 11.4. The first-order valence-corrected chi connectivity index (χ1v) is 6.68. The lowest BCUT2D eigenvalue weighted by atomic mass is 10.1. The number of nitrogens with one attached hydrogen (secondary N) is 1. The van der Waals surface area contributed by atoms with E-state index in [1.54, 1.807) is 19.2 Å². The minimum absolute atomic E-state index is 0.244. The van der Waals surface area contributed by atoms with Crippen LogP contribution < -0.4 is 10.1 Å². The van der Waals surface area contributed by atoms with Crippen molar-refractivity contribution in [2.45, 2.75) is 6.61 Å². The van der Waals surface area contributed by atoms with Crippen LogP contribution in [0.5, 0.6) is 5.75 Å². The van der Waals surface area contributed by atoms with Gasteiger partial charge in [-0.2, -0.15) is 0 Å². The zero-order valence-electron chi connectivity index (χ0n) is 11.6. The Bertz CT molecular complexity index is 776. The highest BCUT2D eigenvalue weighted by Crippen LogP contribution is 2.21. The molecule has 4 heteroatoms. The number of hydrogen-bond acceptors (Lipinski definition) is 3. The first-order chi connectivity index (χ1) is 10.3. The molecule has 1 amide bonds. The zero-order valence-corrected chi connectivity index (χ0v) is 11.6.